The number of ether oxygens (including phenoxy) is 1. The molecule has 0 aliphatic rings. The number of rotatable bonds is 5. The Balaban J connectivity index is 2.17. The fourth-order valence-electron chi connectivity index (χ4n) is 1.72. The molecule has 0 spiro atoms. The average molecular weight is 330 g/mol. The zero-order valence-electron chi connectivity index (χ0n) is 11.1. The number of hydrogen-bond donors (Lipinski definition) is 1. The molecule has 0 bridgehead atoms. The molecule has 7 heteroatoms. The third kappa shape index (κ3) is 3.93. The van der Waals surface area contributed by atoms with Crippen molar-refractivity contribution in [3.05, 3.63) is 58.9 Å². The first-order valence-electron chi connectivity index (χ1n) is 6.00. The van der Waals surface area contributed by atoms with Gasteiger partial charge in [0.1, 0.15) is 0 Å². The minimum atomic E-state index is -3.81. The van der Waals surface area contributed by atoms with Gasteiger partial charge in [-0.05, 0) is 35.9 Å². The summed E-state index contributed by atoms with van der Waals surface area (Å²) in [6.07, 6.45) is 0. The number of halogens is 2. The third-order valence-corrected chi connectivity index (χ3v) is 4.42. The lowest BCUT2D eigenvalue weighted by Crippen LogP contribution is -2.23. The maximum Gasteiger partial charge on any atom is 0.240 e. The Kier molecular flexibility index (Phi) is 4.82. The number of nitrogens with one attached hydrogen (secondary N) is 1. The molecule has 0 amide bonds. The predicted molar refractivity (Wildman–Crippen MR) is 78.4 cm³/mol. The van der Waals surface area contributed by atoms with Crippen molar-refractivity contribution < 1.29 is 17.5 Å². The van der Waals surface area contributed by atoms with Crippen LogP contribution in [0.3, 0.4) is 0 Å². The van der Waals surface area contributed by atoms with Crippen molar-refractivity contribution in [1.29, 1.82) is 0 Å². The van der Waals surface area contributed by atoms with Crippen LogP contribution in [0.5, 0.6) is 5.75 Å². The van der Waals surface area contributed by atoms with E-state index in [1.165, 1.54) is 19.2 Å². The van der Waals surface area contributed by atoms with Crippen molar-refractivity contribution in [2.75, 3.05) is 7.11 Å². The fourth-order valence-corrected chi connectivity index (χ4v) is 2.96. The van der Waals surface area contributed by atoms with Crippen LogP contribution < -0.4 is 9.46 Å². The van der Waals surface area contributed by atoms with Gasteiger partial charge in [-0.25, -0.2) is 17.5 Å². The molecular formula is C14H13ClFNO3S. The molecule has 0 aliphatic carbocycles. The SMILES string of the molecule is COc1ccc(S(=O)(=O)NCc2cccc(Cl)c2)cc1F. The van der Waals surface area contributed by atoms with Gasteiger partial charge in [-0.3, -0.25) is 0 Å². The zero-order chi connectivity index (χ0) is 15.5. The van der Waals surface area contributed by atoms with Crippen LogP contribution in [-0.4, -0.2) is 15.5 Å². The summed E-state index contributed by atoms with van der Waals surface area (Å²) in [4.78, 5) is -0.164. The Hall–Kier alpha value is -1.63. The Morgan fingerprint density at radius 1 is 1.24 bits per heavy atom. The molecule has 0 unspecified atom stereocenters. The summed E-state index contributed by atoms with van der Waals surface area (Å²) >= 11 is 5.83. The van der Waals surface area contributed by atoms with Crippen LogP contribution >= 0.6 is 11.6 Å². The number of methoxy groups -OCH3 is 1. The Morgan fingerprint density at radius 3 is 2.62 bits per heavy atom. The van der Waals surface area contributed by atoms with Gasteiger partial charge < -0.3 is 4.74 Å². The van der Waals surface area contributed by atoms with E-state index in [9.17, 15) is 12.8 Å². The second-order valence-corrected chi connectivity index (χ2v) is 6.45. The van der Waals surface area contributed by atoms with Crippen LogP contribution in [0.15, 0.2) is 47.4 Å². The second-order valence-electron chi connectivity index (χ2n) is 4.25. The monoisotopic (exact) mass is 329 g/mol. The van der Waals surface area contributed by atoms with Gasteiger partial charge >= 0.3 is 0 Å². The molecular weight excluding hydrogens is 317 g/mol. The average Bonchev–Trinajstić information content (AvgIpc) is 2.45. The van der Waals surface area contributed by atoms with Gasteiger partial charge in [-0.1, -0.05) is 23.7 Å². The van der Waals surface area contributed by atoms with E-state index in [1.54, 1.807) is 24.3 Å². The van der Waals surface area contributed by atoms with Gasteiger partial charge in [0.2, 0.25) is 10.0 Å². The first-order valence-corrected chi connectivity index (χ1v) is 7.86. The first-order chi connectivity index (χ1) is 9.92. The Labute approximate surface area is 127 Å². The van der Waals surface area contributed by atoms with Gasteiger partial charge in [0.25, 0.3) is 0 Å². The highest BCUT2D eigenvalue weighted by Gasteiger charge is 2.16. The molecule has 112 valence electrons. The van der Waals surface area contributed by atoms with E-state index in [-0.39, 0.29) is 17.2 Å². The molecule has 1 N–H and O–H groups in total. The lowest BCUT2D eigenvalue weighted by atomic mass is 10.2. The van der Waals surface area contributed by atoms with E-state index in [1.807, 2.05) is 0 Å². The highest BCUT2D eigenvalue weighted by atomic mass is 35.5. The smallest absolute Gasteiger partial charge is 0.240 e. The normalized spacial score (nSPS) is 11.4. The summed E-state index contributed by atoms with van der Waals surface area (Å²) in [6, 6.07) is 10.3. The van der Waals surface area contributed by atoms with Crippen LogP contribution in [0.4, 0.5) is 4.39 Å². The lowest BCUT2D eigenvalue weighted by molar-refractivity contribution is 0.385. The van der Waals surface area contributed by atoms with Gasteiger partial charge in [0.05, 0.1) is 12.0 Å². The van der Waals surface area contributed by atoms with Gasteiger partial charge in [0.15, 0.2) is 11.6 Å². The molecule has 21 heavy (non-hydrogen) atoms. The molecule has 0 fully saturated rings. The largest absolute Gasteiger partial charge is 0.494 e. The molecule has 0 atom stereocenters. The summed E-state index contributed by atoms with van der Waals surface area (Å²) in [5.74, 6) is -0.744. The molecule has 0 saturated carbocycles. The molecule has 2 rings (SSSR count). The maximum atomic E-state index is 13.6. The predicted octanol–water partition coefficient (Wildman–Crippen LogP) is 2.97. The summed E-state index contributed by atoms with van der Waals surface area (Å²) < 4.78 is 44.9. The molecule has 0 saturated heterocycles. The van der Waals surface area contributed by atoms with Gasteiger partial charge in [-0.15, -0.1) is 0 Å². The van der Waals surface area contributed by atoms with Crippen molar-refractivity contribution in [1.82, 2.24) is 4.72 Å². The minimum Gasteiger partial charge on any atom is -0.494 e. The van der Waals surface area contributed by atoms with E-state index >= 15 is 0 Å². The summed E-state index contributed by atoms with van der Waals surface area (Å²) in [7, 11) is -2.50. The molecule has 0 radical (unpaired) electrons. The summed E-state index contributed by atoms with van der Waals surface area (Å²) in [5.41, 5.74) is 0.708. The molecule has 0 aromatic heterocycles. The van der Waals surface area contributed by atoms with Crippen molar-refractivity contribution in [2.45, 2.75) is 11.4 Å². The van der Waals surface area contributed by atoms with Crippen LogP contribution in [0.1, 0.15) is 5.56 Å². The Morgan fingerprint density at radius 2 is 2.00 bits per heavy atom. The highest BCUT2D eigenvalue weighted by Crippen LogP contribution is 2.20. The quantitative estimate of drug-likeness (QED) is 0.917. The number of hydrogen-bond acceptors (Lipinski definition) is 3. The van der Waals surface area contributed by atoms with E-state index in [2.05, 4.69) is 4.72 Å². The summed E-state index contributed by atoms with van der Waals surface area (Å²) in [5, 5.41) is 0.516. The minimum absolute atomic E-state index is 0.0104. The molecule has 0 heterocycles. The van der Waals surface area contributed by atoms with E-state index in [0.717, 1.165) is 6.07 Å². The molecule has 2 aromatic carbocycles. The third-order valence-electron chi connectivity index (χ3n) is 2.79. The number of sulfonamides is 1. The zero-order valence-corrected chi connectivity index (χ0v) is 12.7. The topological polar surface area (TPSA) is 55.4 Å². The van der Waals surface area contributed by atoms with E-state index in [0.29, 0.717) is 10.6 Å². The maximum absolute atomic E-state index is 13.6. The molecule has 0 aliphatic heterocycles. The summed E-state index contributed by atoms with van der Waals surface area (Å²) in [6.45, 7) is 0.0660. The van der Waals surface area contributed by atoms with E-state index < -0.39 is 15.8 Å². The van der Waals surface area contributed by atoms with E-state index in [4.69, 9.17) is 16.3 Å². The van der Waals surface area contributed by atoms with Gasteiger partial charge in [0, 0.05) is 11.6 Å². The van der Waals surface area contributed by atoms with Crippen molar-refractivity contribution in [2.24, 2.45) is 0 Å². The lowest BCUT2D eigenvalue weighted by Gasteiger charge is -2.08. The van der Waals surface area contributed by atoms with Crippen LogP contribution in [-0.2, 0) is 16.6 Å². The Bertz CT molecular complexity index is 750. The van der Waals surface area contributed by atoms with Crippen LogP contribution in [0, 0.1) is 5.82 Å². The van der Waals surface area contributed by atoms with Crippen molar-refractivity contribution in [3.8, 4) is 5.75 Å². The van der Waals surface area contributed by atoms with Crippen molar-refractivity contribution >= 4 is 21.6 Å². The number of benzene rings is 2. The second kappa shape index (κ2) is 6.43. The first kappa shape index (κ1) is 15.8. The van der Waals surface area contributed by atoms with Crippen LogP contribution in [0.25, 0.3) is 0 Å². The standard InChI is InChI=1S/C14H13ClFNO3S/c1-20-14-6-5-12(8-13(14)16)21(18,19)17-9-10-3-2-4-11(15)7-10/h2-8,17H,9H2,1H3. The highest BCUT2D eigenvalue weighted by molar-refractivity contribution is 7.89. The van der Waals surface area contributed by atoms with Gasteiger partial charge in [-0.2, -0.15) is 0 Å². The van der Waals surface area contributed by atoms with Crippen molar-refractivity contribution in [3.63, 3.8) is 0 Å². The molecule has 4 nitrogen and oxygen atoms in total. The fraction of sp³-hybridized carbons (Fsp3) is 0.143. The molecule has 2 aromatic rings. The van der Waals surface area contributed by atoms with Crippen LogP contribution in [0.2, 0.25) is 5.02 Å².